The zero-order valence-electron chi connectivity index (χ0n) is 13.1. The Bertz CT molecular complexity index is 607. The molecule has 1 aromatic carbocycles. The topological polar surface area (TPSA) is 24.3 Å². The molecular weight excluding hydrogens is 272 g/mol. The number of benzene rings is 1. The molecule has 3 heterocycles. The van der Waals surface area contributed by atoms with E-state index in [1.807, 2.05) is 12.5 Å². The molecule has 2 aliphatic rings. The molecule has 4 nitrogen and oxygen atoms in total. The van der Waals surface area contributed by atoms with Gasteiger partial charge in [0.2, 0.25) is 0 Å². The lowest BCUT2D eigenvalue weighted by Crippen LogP contribution is -2.49. The molecule has 2 fully saturated rings. The van der Waals surface area contributed by atoms with Gasteiger partial charge < -0.3 is 4.57 Å². The summed E-state index contributed by atoms with van der Waals surface area (Å²) in [5.74, 6) is 0. The minimum absolute atomic E-state index is 0.791. The lowest BCUT2D eigenvalue weighted by atomic mass is 10.1. The van der Waals surface area contributed by atoms with Crippen molar-refractivity contribution in [3.63, 3.8) is 0 Å². The summed E-state index contributed by atoms with van der Waals surface area (Å²) in [6.07, 6.45) is 6.75. The van der Waals surface area contributed by atoms with Gasteiger partial charge in [-0.3, -0.25) is 9.80 Å². The van der Waals surface area contributed by atoms with Gasteiger partial charge in [0.1, 0.15) is 0 Å². The number of fused-ring (bicyclic) bond motifs is 1. The number of nitrogens with zero attached hydrogens (tertiary/aromatic N) is 4. The van der Waals surface area contributed by atoms with Gasteiger partial charge in [-0.15, -0.1) is 0 Å². The van der Waals surface area contributed by atoms with E-state index >= 15 is 0 Å². The monoisotopic (exact) mass is 296 g/mol. The van der Waals surface area contributed by atoms with E-state index in [1.165, 1.54) is 50.3 Å². The minimum Gasteiger partial charge on any atom is -0.329 e. The molecule has 4 heteroatoms. The first kappa shape index (κ1) is 14.0. The lowest BCUT2D eigenvalue weighted by molar-refractivity contribution is 0.0977. The lowest BCUT2D eigenvalue weighted by Gasteiger charge is -2.37. The standard InChI is InChI=1S/C18H24N4/c1-2-5-16(6-3-1)12-22-15-19-11-18(22)14-20-9-10-21-8-4-7-17(21)13-20/h1-3,5-6,11,15,17H,4,7-10,12-14H2. The molecule has 2 aromatic rings. The molecule has 1 aromatic heterocycles. The summed E-state index contributed by atoms with van der Waals surface area (Å²) in [5, 5.41) is 0. The molecule has 0 N–H and O–H groups in total. The Hall–Kier alpha value is -1.65. The molecule has 2 aliphatic heterocycles. The predicted molar refractivity (Wildman–Crippen MR) is 87.6 cm³/mol. The first-order chi connectivity index (χ1) is 10.9. The van der Waals surface area contributed by atoms with Crippen LogP contribution in [0.25, 0.3) is 0 Å². The van der Waals surface area contributed by atoms with Crippen molar-refractivity contribution in [2.75, 3.05) is 26.2 Å². The van der Waals surface area contributed by atoms with Gasteiger partial charge in [0, 0.05) is 45.0 Å². The quantitative estimate of drug-likeness (QED) is 0.864. The van der Waals surface area contributed by atoms with Crippen molar-refractivity contribution in [2.24, 2.45) is 0 Å². The van der Waals surface area contributed by atoms with Crippen LogP contribution >= 0.6 is 0 Å². The summed E-state index contributed by atoms with van der Waals surface area (Å²) in [6, 6.07) is 11.4. The summed E-state index contributed by atoms with van der Waals surface area (Å²) in [7, 11) is 0. The van der Waals surface area contributed by atoms with Crippen molar-refractivity contribution in [3.05, 3.63) is 54.1 Å². The zero-order chi connectivity index (χ0) is 14.8. The zero-order valence-corrected chi connectivity index (χ0v) is 13.1. The molecule has 0 radical (unpaired) electrons. The van der Waals surface area contributed by atoms with Crippen molar-refractivity contribution in [2.45, 2.75) is 32.0 Å². The third kappa shape index (κ3) is 2.94. The van der Waals surface area contributed by atoms with Gasteiger partial charge in [-0.2, -0.15) is 0 Å². The fraction of sp³-hybridized carbons (Fsp3) is 0.500. The van der Waals surface area contributed by atoms with Crippen LogP contribution in [0.15, 0.2) is 42.9 Å². The van der Waals surface area contributed by atoms with E-state index in [4.69, 9.17) is 0 Å². The van der Waals surface area contributed by atoms with Crippen LogP contribution in [0, 0.1) is 0 Å². The van der Waals surface area contributed by atoms with Gasteiger partial charge in [-0.1, -0.05) is 30.3 Å². The Morgan fingerprint density at radius 3 is 2.86 bits per heavy atom. The Labute approximate surface area is 132 Å². The molecule has 2 saturated heterocycles. The van der Waals surface area contributed by atoms with E-state index in [1.54, 1.807) is 0 Å². The molecule has 4 rings (SSSR count). The molecule has 1 unspecified atom stereocenters. The molecule has 0 spiro atoms. The van der Waals surface area contributed by atoms with Crippen LogP contribution in [0.1, 0.15) is 24.1 Å². The number of aromatic nitrogens is 2. The molecule has 0 aliphatic carbocycles. The number of imidazole rings is 1. The average molecular weight is 296 g/mol. The van der Waals surface area contributed by atoms with Gasteiger partial charge in [-0.25, -0.2) is 4.98 Å². The van der Waals surface area contributed by atoms with Crippen LogP contribution in [0.3, 0.4) is 0 Å². The average Bonchev–Trinajstić information content (AvgIpc) is 3.18. The van der Waals surface area contributed by atoms with Crippen molar-refractivity contribution >= 4 is 0 Å². The maximum atomic E-state index is 4.38. The number of hydrogen-bond donors (Lipinski definition) is 0. The Kier molecular flexibility index (Phi) is 3.95. The third-order valence-corrected chi connectivity index (χ3v) is 5.05. The van der Waals surface area contributed by atoms with Crippen LogP contribution in [-0.4, -0.2) is 51.6 Å². The van der Waals surface area contributed by atoms with Gasteiger partial charge in [-0.05, 0) is 24.9 Å². The minimum atomic E-state index is 0.791. The maximum Gasteiger partial charge on any atom is 0.0951 e. The van der Waals surface area contributed by atoms with E-state index in [-0.39, 0.29) is 0 Å². The van der Waals surface area contributed by atoms with E-state index in [0.29, 0.717) is 0 Å². The van der Waals surface area contributed by atoms with Crippen LogP contribution in [0.5, 0.6) is 0 Å². The van der Waals surface area contributed by atoms with E-state index in [9.17, 15) is 0 Å². The molecule has 0 amide bonds. The van der Waals surface area contributed by atoms with E-state index in [0.717, 1.165) is 19.1 Å². The second-order valence-corrected chi connectivity index (χ2v) is 6.57. The summed E-state index contributed by atoms with van der Waals surface area (Å²) in [5.41, 5.74) is 2.66. The first-order valence-electron chi connectivity index (χ1n) is 8.38. The first-order valence-corrected chi connectivity index (χ1v) is 8.38. The Balaban J connectivity index is 1.42. The van der Waals surface area contributed by atoms with E-state index < -0.39 is 0 Å². The van der Waals surface area contributed by atoms with Crippen molar-refractivity contribution in [1.29, 1.82) is 0 Å². The highest BCUT2D eigenvalue weighted by molar-refractivity contribution is 5.16. The second-order valence-electron chi connectivity index (χ2n) is 6.57. The summed E-state index contributed by atoms with van der Waals surface area (Å²) in [6.45, 7) is 6.89. The smallest absolute Gasteiger partial charge is 0.0951 e. The van der Waals surface area contributed by atoms with Crippen LogP contribution < -0.4 is 0 Å². The SMILES string of the molecule is c1ccc(Cn2cncc2CN2CCN3CCCC3C2)cc1. The normalized spacial score (nSPS) is 22.8. The molecule has 0 bridgehead atoms. The second kappa shape index (κ2) is 6.23. The van der Waals surface area contributed by atoms with Crippen LogP contribution in [0.2, 0.25) is 0 Å². The van der Waals surface area contributed by atoms with Gasteiger partial charge in [0.05, 0.1) is 12.0 Å². The Morgan fingerprint density at radius 2 is 1.95 bits per heavy atom. The Morgan fingerprint density at radius 1 is 1.05 bits per heavy atom. The molecule has 22 heavy (non-hydrogen) atoms. The summed E-state index contributed by atoms with van der Waals surface area (Å²) < 4.78 is 2.29. The maximum absolute atomic E-state index is 4.38. The van der Waals surface area contributed by atoms with Gasteiger partial charge >= 0.3 is 0 Å². The number of rotatable bonds is 4. The highest BCUT2D eigenvalue weighted by Crippen LogP contribution is 2.22. The summed E-state index contributed by atoms with van der Waals surface area (Å²) in [4.78, 5) is 9.64. The van der Waals surface area contributed by atoms with Gasteiger partial charge in [0.25, 0.3) is 0 Å². The molecule has 0 saturated carbocycles. The fourth-order valence-corrected chi connectivity index (χ4v) is 3.83. The van der Waals surface area contributed by atoms with Crippen molar-refractivity contribution in [3.8, 4) is 0 Å². The van der Waals surface area contributed by atoms with Crippen LogP contribution in [0.4, 0.5) is 0 Å². The number of piperazine rings is 1. The highest BCUT2D eigenvalue weighted by Gasteiger charge is 2.30. The highest BCUT2D eigenvalue weighted by atomic mass is 15.3. The van der Waals surface area contributed by atoms with Crippen molar-refractivity contribution in [1.82, 2.24) is 19.4 Å². The number of hydrogen-bond acceptors (Lipinski definition) is 3. The fourth-order valence-electron chi connectivity index (χ4n) is 3.83. The van der Waals surface area contributed by atoms with E-state index in [2.05, 4.69) is 49.7 Å². The molecule has 116 valence electrons. The largest absolute Gasteiger partial charge is 0.329 e. The van der Waals surface area contributed by atoms with Crippen molar-refractivity contribution < 1.29 is 0 Å². The summed E-state index contributed by atoms with van der Waals surface area (Å²) >= 11 is 0. The van der Waals surface area contributed by atoms with Crippen LogP contribution in [-0.2, 0) is 13.1 Å². The van der Waals surface area contributed by atoms with Gasteiger partial charge in [0.15, 0.2) is 0 Å². The predicted octanol–water partition coefficient (Wildman–Crippen LogP) is 2.21. The third-order valence-electron chi connectivity index (χ3n) is 5.05. The molecule has 1 atom stereocenters. The molecular formula is C18H24N4.